The maximum atomic E-state index is 13.4. The van der Waals surface area contributed by atoms with Gasteiger partial charge in [0.05, 0.1) is 22.0 Å². The van der Waals surface area contributed by atoms with Crippen molar-refractivity contribution < 1.29 is 9.59 Å². The van der Waals surface area contributed by atoms with Gasteiger partial charge in [-0.3, -0.25) is 9.59 Å². The Morgan fingerprint density at radius 2 is 1.78 bits per heavy atom. The Morgan fingerprint density at radius 1 is 1.09 bits per heavy atom. The fourth-order valence-electron chi connectivity index (χ4n) is 5.24. The van der Waals surface area contributed by atoms with Crippen molar-refractivity contribution in [1.29, 1.82) is 0 Å². The van der Waals surface area contributed by atoms with Gasteiger partial charge >= 0.3 is 0 Å². The van der Waals surface area contributed by atoms with E-state index in [0.29, 0.717) is 16.6 Å². The van der Waals surface area contributed by atoms with Gasteiger partial charge in [-0.15, -0.1) is 0 Å². The number of amides is 2. The smallest absolute Gasteiger partial charge is 0.226 e. The maximum absolute atomic E-state index is 13.4. The summed E-state index contributed by atoms with van der Waals surface area (Å²) in [6, 6.07) is 13.4. The van der Waals surface area contributed by atoms with E-state index in [9.17, 15) is 9.59 Å². The number of hydrogen-bond donors (Lipinski definition) is 1. The lowest BCUT2D eigenvalue weighted by Crippen LogP contribution is -2.44. The average molecular weight is 538 g/mol. The van der Waals surface area contributed by atoms with Gasteiger partial charge in [0.2, 0.25) is 11.8 Å². The topological polar surface area (TPSA) is 49.4 Å². The van der Waals surface area contributed by atoms with Crippen LogP contribution < -0.4 is 5.32 Å². The molecule has 4 rings (SSSR count). The lowest BCUT2D eigenvalue weighted by atomic mass is 9.69. The highest BCUT2D eigenvalue weighted by Gasteiger charge is 2.43. The van der Waals surface area contributed by atoms with Gasteiger partial charge in [0, 0.05) is 29.9 Å². The lowest BCUT2D eigenvalue weighted by Gasteiger charge is -2.38. The van der Waals surface area contributed by atoms with E-state index in [-0.39, 0.29) is 29.7 Å². The van der Waals surface area contributed by atoms with Crippen LogP contribution in [0.3, 0.4) is 0 Å². The zero-order valence-corrected chi connectivity index (χ0v) is 21.1. The summed E-state index contributed by atoms with van der Waals surface area (Å²) in [4.78, 5) is 27.6. The largest absolute Gasteiger partial charge is 0.355 e. The van der Waals surface area contributed by atoms with Crippen LogP contribution in [-0.2, 0) is 15.0 Å². The molecule has 1 aliphatic carbocycles. The van der Waals surface area contributed by atoms with E-state index in [4.69, 9.17) is 23.2 Å². The number of hydrogen-bond acceptors (Lipinski definition) is 2. The highest BCUT2D eigenvalue weighted by atomic mass is 79.9. The summed E-state index contributed by atoms with van der Waals surface area (Å²) in [7, 11) is 1.74. The van der Waals surface area contributed by atoms with Crippen LogP contribution in [-0.4, -0.2) is 30.3 Å². The van der Waals surface area contributed by atoms with Crippen LogP contribution in [0, 0.1) is 5.92 Å². The Morgan fingerprint density at radius 3 is 2.44 bits per heavy atom. The van der Waals surface area contributed by atoms with Gasteiger partial charge in [0.25, 0.3) is 0 Å². The third kappa shape index (κ3) is 4.71. The minimum absolute atomic E-state index is 0.0403. The molecule has 0 bridgehead atoms. The predicted molar refractivity (Wildman–Crippen MR) is 132 cm³/mol. The quantitative estimate of drug-likeness (QED) is 0.487. The monoisotopic (exact) mass is 536 g/mol. The number of likely N-dealkylation sites (tertiary alicyclic amines) is 1. The van der Waals surface area contributed by atoms with Crippen LogP contribution in [0.5, 0.6) is 0 Å². The average Bonchev–Trinajstić information content (AvgIpc) is 3.09. The minimum atomic E-state index is -0.463. The van der Waals surface area contributed by atoms with Crippen LogP contribution in [0.4, 0.5) is 0 Å². The fourth-order valence-corrected chi connectivity index (χ4v) is 5.81. The van der Waals surface area contributed by atoms with Crippen molar-refractivity contribution in [3.8, 4) is 0 Å². The molecule has 2 fully saturated rings. The molecule has 1 saturated heterocycles. The summed E-state index contributed by atoms with van der Waals surface area (Å²) in [5, 5.41) is 4.11. The van der Waals surface area contributed by atoms with E-state index in [1.165, 1.54) is 12.0 Å². The number of rotatable bonds is 5. The number of halogens is 3. The molecular weight excluding hydrogens is 511 g/mol. The van der Waals surface area contributed by atoms with E-state index in [0.717, 1.165) is 35.7 Å². The van der Waals surface area contributed by atoms with Crippen molar-refractivity contribution in [2.75, 3.05) is 13.6 Å². The first-order valence-corrected chi connectivity index (χ1v) is 12.6. The first-order chi connectivity index (χ1) is 15.3. The molecule has 2 aliphatic rings. The SMILES string of the molecule is CN1C(=O)CC(C(=O)NCC2(c3ccc(Br)cc3)CCCCC2)C1c1ccc(Cl)c(Cl)c1. The molecule has 2 aromatic carbocycles. The molecule has 0 aromatic heterocycles. The second kappa shape index (κ2) is 9.74. The van der Waals surface area contributed by atoms with Crippen LogP contribution in [0.1, 0.15) is 55.7 Å². The zero-order valence-electron chi connectivity index (χ0n) is 18.0. The lowest BCUT2D eigenvalue weighted by molar-refractivity contribution is -0.128. The normalized spacial score (nSPS) is 22.8. The van der Waals surface area contributed by atoms with Crippen LogP contribution in [0.2, 0.25) is 10.0 Å². The Hall–Kier alpha value is -1.56. The molecule has 2 aromatic rings. The van der Waals surface area contributed by atoms with Gasteiger partial charge in [-0.1, -0.05) is 76.6 Å². The molecule has 0 radical (unpaired) electrons. The molecule has 1 N–H and O–H groups in total. The van der Waals surface area contributed by atoms with Crippen molar-refractivity contribution in [3.05, 3.63) is 68.1 Å². The summed E-state index contributed by atoms with van der Waals surface area (Å²) in [6.07, 6.45) is 5.83. The molecule has 1 saturated carbocycles. The summed E-state index contributed by atoms with van der Waals surface area (Å²) in [5.74, 6) is -0.586. The van der Waals surface area contributed by atoms with Gasteiger partial charge < -0.3 is 10.2 Å². The highest BCUT2D eigenvalue weighted by molar-refractivity contribution is 9.10. The van der Waals surface area contributed by atoms with Crippen molar-refractivity contribution in [2.24, 2.45) is 5.92 Å². The molecule has 32 heavy (non-hydrogen) atoms. The minimum Gasteiger partial charge on any atom is -0.355 e. The van der Waals surface area contributed by atoms with Gasteiger partial charge in [-0.05, 0) is 48.2 Å². The Bertz CT molecular complexity index is 1010. The van der Waals surface area contributed by atoms with E-state index < -0.39 is 5.92 Å². The molecule has 2 unspecified atom stereocenters. The fraction of sp³-hybridized carbons (Fsp3) is 0.440. The van der Waals surface area contributed by atoms with Crippen LogP contribution >= 0.6 is 39.1 Å². The summed E-state index contributed by atoms with van der Waals surface area (Å²) < 4.78 is 1.05. The molecule has 7 heteroatoms. The summed E-state index contributed by atoms with van der Waals surface area (Å²) >= 11 is 15.8. The molecular formula is C25H27BrCl2N2O2. The number of benzene rings is 2. The maximum Gasteiger partial charge on any atom is 0.226 e. The zero-order chi connectivity index (χ0) is 22.9. The first kappa shape index (κ1) is 23.6. The number of carbonyl (C=O) groups is 2. The molecule has 1 heterocycles. The van der Waals surface area contributed by atoms with Crippen LogP contribution in [0.15, 0.2) is 46.9 Å². The summed E-state index contributed by atoms with van der Waals surface area (Å²) in [5.41, 5.74) is 2.02. The predicted octanol–water partition coefficient (Wildman–Crippen LogP) is 6.29. The second-order valence-electron chi connectivity index (χ2n) is 9.00. The van der Waals surface area contributed by atoms with E-state index >= 15 is 0 Å². The van der Waals surface area contributed by atoms with Gasteiger partial charge in [-0.2, -0.15) is 0 Å². The Balaban J connectivity index is 1.55. The molecule has 2 amide bonds. The Kier molecular flexibility index (Phi) is 7.18. The van der Waals surface area contributed by atoms with E-state index in [2.05, 4.69) is 45.5 Å². The number of carbonyl (C=O) groups excluding carboxylic acids is 2. The first-order valence-electron chi connectivity index (χ1n) is 11.1. The third-order valence-corrected chi connectivity index (χ3v) is 8.34. The van der Waals surface area contributed by atoms with Crippen molar-refractivity contribution in [3.63, 3.8) is 0 Å². The molecule has 2 atom stereocenters. The second-order valence-corrected chi connectivity index (χ2v) is 10.7. The van der Waals surface area contributed by atoms with Crippen molar-refractivity contribution >= 4 is 50.9 Å². The number of nitrogens with zero attached hydrogens (tertiary/aromatic N) is 1. The van der Waals surface area contributed by atoms with Crippen LogP contribution in [0.25, 0.3) is 0 Å². The highest BCUT2D eigenvalue weighted by Crippen LogP contribution is 2.41. The number of nitrogens with one attached hydrogen (secondary N) is 1. The van der Waals surface area contributed by atoms with Crippen molar-refractivity contribution in [1.82, 2.24) is 10.2 Å². The molecule has 1 aliphatic heterocycles. The van der Waals surface area contributed by atoms with E-state index in [1.54, 1.807) is 24.1 Å². The molecule has 170 valence electrons. The molecule has 4 nitrogen and oxygen atoms in total. The Labute approximate surface area is 207 Å². The van der Waals surface area contributed by atoms with Gasteiger partial charge in [0.1, 0.15) is 0 Å². The van der Waals surface area contributed by atoms with Crippen molar-refractivity contribution in [2.45, 2.75) is 50.0 Å². The third-order valence-electron chi connectivity index (χ3n) is 7.08. The van der Waals surface area contributed by atoms with Gasteiger partial charge in [0.15, 0.2) is 0 Å². The standard InChI is InChI=1S/C25H27BrCl2N2O2/c1-30-22(31)14-19(23(30)16-5-10-20(27)21(28)13-16)24(32)29-15-25(11-3-2-4-12-25)17-6-8-18(26)9-7-17/h5-10,13,19,23H,2-4,11-12,14-15H2,1H3,(H,29,32). The van der Waals surface area contributed by atoms with Gasteiger partial charge in [-0.25, -0.2) is 0 Å². The molecule has 0 spiro atoms. The summed E-state index contributed by atoms with van der Waals surface area (Å²) in [6.45, 7) is 0.579. The van der Waals surface area contributed by atoms with E-state index in [1.807, 2.05) is 6.07 Å².